The van der Waals surface area contributed by atoms with Gasteiger partial charge in [-0.15, -0.1) is 0 Å². The number of carbonyl (C=O) groups is 1. The van der Waals surface area contributed by atoms with E-state index in [-0.39, 0.29) is 26.0 Å². The van der Waals surface area contributed by atoms with Crippen LogP contribution in [0.15, 0.2) is 34.8 Å². The van der Waals surface area contributed by atoms with E-state index >= 15 is 0 Å². The summed E-state index contributed by atoms with van der Waals surface area (Å²) in [7, 11) is 3.70. The Bertz CT molecular complexity index is 883. The Hall–Kier alpha value is -2.05. The highest BCUT2D eigenvalue weighted by molar-refractivity contribution is 9.10. The fourth-order valence-electron chi connectivity index (χ4n) is 3.93. The third kappa shape index (κ3) is 3.76. The smallest absolute Gasteiger partial charge is 0.231 e. The van der Waals surface area contributed by atoms with Crippen LogP contribution in [0.3, 0.4) is 0 Å². The van der Waals surface area contributed by atoms with Crippen LogP contribution in [0.5, 0.6) is 17.2 Å². The summed E-state index contributed by atoms with van der Waals surface area (Å²) in [5.74, 6) is 2.28. The van der Waals surface area contributed by atoms with Gasteiger partial charge in [0.05, 0.1) is 7.11 Å². The molecule has 0 fully saturated rings. The molecule has 0 N–H and O–H groups in total. The molecule has 1 unspecified atom stereocenters. The summed E-state index contributed by atoms with van der Waals surface area (Å²) < 4.78 is 17.9. The standard InChI is InChI=1S/C21H22BrNO4.CH4/c1-23-8-7-14-10-18-20(27-12-26-18)21(25-2)19(14)17(23)11-15(24)9-13-5-3-4-6-16(13)22;/h3-6,10,17H,7-9,11-12H2,1-2H3;1H4. The van der Waals surface area contributed by atoms with E-state index in [1.165, 1.54) is 5.56 Å². The molecular weight excluding hydrogens is 422 g/mol. The number of hydrogen-bond acceptors (Lipinski definition) is 5. The van der Waals surface area contributed by atoms with Crippen LogP contribution in [0.1, 0.15) is 36.6 Å². The number of Topliss-reactive ketones (excluding diaryl/α,β-unsaturated/α-hetero) is 1. The zero-order valence-corrected chi connectivity index (χ0v) is 17.0. The van der Waals surface area contributed by atoms with Crippen molar-refractivity contribution in [1.29, 1.82) is 0 Å². The third-order valence-electron chi connectivity index (χ3n) is 5.31. The van der Waals surface area contributed by atoms with Crippen molar-refractivity contribution in [2.75, 3.05) is 27.5 Å². The summed E-state index contributed by atoms with van der Waals surface area (Å²) in [6.45, 7) is 1.10. The molecule has 1 atom stereocenters. The molecule has 2 aromatic rings. The lowest BCUT2D eigenvalue weighted by atomic mass is 9.87. The fraction of sp³-hybridized carbons (Fsp3) is 0.409. The third-order valence-corrected chi connectivity index (χ3v) is 6.09. The molecule has 4 rings (SSSR count). The number of benzene rings is 2. The van der Waals surface area contributed by atoms with Gasteiger partial charge in [0.25, 0.3) is 0 Å². The first kappa shape index (κ1) is 20.7. The molecule has 0 radical (unpaired) electrons. The summed E-state index contributed by atoms with van der Waals surface area (Å²) in [5.41, 5.74) is 3.24. The second-order valence-electron chi connectivity index (χ2n) is 6.97. The van der Waals surface area contributed by atoms with Crippen LogP contribution in [-0.4, -0.2) is 38.2 Å². The van der Waals surface area contributed by atoms with Gasteiger partial charge in [0.2, 0.25) is 12.5 Å². The lowest BCUT2D eigenvalue weighted by molar-refractivity contribution is -0.119. The van der Waals surface area contributed by atoms with Crippen molar-refractivity contribution in [3.8, 4) is 17.2 Å². The van der Waals surface area contributed by atoms with Crippen molar-refractivity contribution in [3.05, 3.63) is 51.5 Å². The number of fused-ring (bicyclic) bond motifs is 2. The Morgan fingerprint density at radius 2 is 2.11 bits per heavy atom. The summed E-state index contributed by atoms with van der Waals surface area (Å²) in [6.07, 6.45) is 1.74. The van der Waals surface area contributed by atoms with E-state index in [9.17, 15) is 4.79 Å². The number of carbonyl (C=O) groups excluding carboxylic acids is 1. The molecule has 0 saturated heterocycles. The number of ketones is 1. The van der Waals surface area contributed by atoms with Gasteiger partial charge in [0, 0.05) is 35.5 Å². The normalized spacial score (nSPS) is 17.6. The van der Waals surface area contributed by atoms with Crippen LogP contribution in [-0.2, 0) is 17.6 Å². The molecule has 5 nitrogen and oxygen atoms in total. The lowest BCUT2D eigenvalue weighted by Gasteiger charge is -2.35. The molecule has 150 valence electrons. The predicted octanol–water partition coefficient (Wildman–Crippen LogP) is 4.55. The van der Waals surface area contributed by atoms with Gasteiger partial charge in [-0.05, 0) is 36.7 Å². The average Bonchev–Trinajstić information content (AvgIpc) is 3.12. The zero-order valence-electron chi connectivity index (χ0n) is 15.5. The first-order valence-electron chi connectivity index (χ1n) is 9.03. The molecule has 6 heteroatoms. The number of methoxy groups -OCH3 is 1. The highest BCUT2D eigenvalue weighted by Gasteiger charge is 2.34. The average molecular weight is 448 g/mol. The van der Waals surface area contributed by atoms with Crippen molar-refractivity contribution in [2.24, 2.45) is 0 Å². The Balaban J connectivity index is 0.00000225. The number of likely N-dealkylation sites (N-methyl/N-ethyl adjacent to an activating group) is 1. The van der Waals surface area contributed by atoms with E-state index in [0.29, 0.717) is 24.3 Å². The molecule has 0 spiro atoms. The molecule has 2 aromatic carbocycles. The van der Waals surface area contributed by atoms with Crippen LogP contribution >= 0.6 is 15.9 Å². The number of rotatable bonds is 5. The van der Waals surface area contributed by atoms with Crippen molar-refractivity contribution in [1.82, 2.24) is 4.90 Å². The van der Waals surface area contributed by atoms with E-state index in [1.54, 1.807) is 7.11 Å². The van der Waals surface area contributed by atoms with Crippen LogP contribution in [0, 0.1) is 0 Å². The Kier molecular flexibility index (Phi) is 6.30. The highest BCUT2D eigenvalue weighted by atomic mass is 79.9. The summed E-state index contributed by atoms with van der Waals surface area (Å²) in [4.78, 5) is 15.1. The van der Waals surface area contributed by atoms with Gasteiger partial charge in [-0.3, -0.25) is 9.69 Å². The van der Waals surface area contributed by atoms with Crippen molar-refractivity contribution in [2.45, 2.75) is 32.7 Å². The predicted molar refractivity (Wildman–Crippen MR) is 112 cm³/mol. The maximum Gasteiger partial charge on any atom is 0.231 e. The van der Waals surface area contributed by atoms with Crippen molar-refractivity contribution in [3.63, 3.8) is 0 Å². The van der Waals surface area contributed by atoms with E-state index in [1.807, 2.05) is 30.3 Å². The molecule has 0 aliphatic carbocycles. The van der Waals surface area contributed by atoms with Crippen LogP contribution in [0.2, 0.25) is 0 Å². The lowest BCUT2D eigenvalue weighted by Crippen LogP contribution is -2.34. The van der Waals surface area contributed by atoms with Crippen molar-refractivity contribution < 1.29 is 19.0 Å². The molecule has 0 bridgehead atoms. The summed E-state index contributed by atoms with van der Waals surface area (Å²) in [5, 5.41) is 0. The molecule has 2 aliphatic rings. The molecule has 2 aliphatic heterocycles. The minimum Gasteiger partial charge on any atom is -0.492 e. The van der Waals surface area contributed by atoms with Crippen LogP contribution in [0.25, 0.3) is 0 Å². The summed E-state index contributed by atoms with van der Waals surface area (Å²) in [6, 6.07) is 9.87. The first-order valence-corrected chi connectivity index (χ1v) is 9.82. The summed E-state index contributed by atoms with van der Waals surface area (Å²) >= 11 is 3.53. The van der Waals surface area contributed by atoms with Crippen LogP contribution < -0.4 is 14.2 Å². The Morgan fingerprint density at radius 1 is 1.32 bits per heavy atom. The maximum absolute atomic E-state index is 12.9. The second kappa shape index (κ2) is 8.53. The molecule has 2 heterocycles. The quantitative estimate of drug-likeness (QED) is 0.672. The van der Waals surface area contributed by atoms with Crippen LogP contribution in [0.4, 0.5) is 0 Å². The number of nitrogens with zero attached hydrogens (tertiary/aromatic N) is 1. The molecule has 0 aromatic heterocycles. The van der Waals surface area contributed by atoms with Gasteiger partial charge in [0.15, 0.2) is 11.5 Å². The topological polar surface area (TPSA) is 48.0 Å². The largest absolute Gasteiger partial charge is 0.492 e. The van der Waals surface area contributed by atoms with Gasteiger partial charge in [0.1, 0.15) is 5.78 Å². The van der Waals surface area contributed by atoms with Gasteiger partial charge in [-0.2, -0.15) is 0 Å². The molecular formula is C22H26BrNO4. The first-order chi connectivity index (χ1) is 13.1. The zero-order chi connectivity index (χ0) is 19.0. The Labute approximate surface area is 174 Å². The second-order valence-corrected chi connectivity index (χ2v) is 7.83. The van der Waals surface area contributed by atoms with Gasteiger partial charge < -0.3 is 14.2 Å². The van der Waals surface area contributed by atoms with Gasteiger partial charge in [-0.1, -0.05) is 41.6 Å². The molecule has 28 heavy (non-hydrogen) atoms. The van der Waals surface area contributed by atoms with E-state index < -0.39 is 0 Å². The SMILES string of the molecule is C.COc1c2c(cc3c1C(CC(=O)Cc1ccccc1Br)N(C)CC3)OCO2. The highest BCUT2D eigenvalue weighted by Crippen LogP contribution is 2.50. The number of halogens is 1. The molecule has 0 amide bonds. The molecule has 0 saturated carbocycles. The van der Waals surface area contributed by atoms with Crippen molar-refractivity contribution >= 4 is 21.7 Å². The van der Waals surface area contributed by atoms with E-state index in [2.05, 4.69) is 27.9 Å². The van der Waals surface area contributed by atoms with Gasteiger partial charge in [-0.25, -0.2) is 0 Å². The fourth-order valence-corrected chi connectivity index (χ4v) is 4.35. The minimum atomic E-state index is -0.0341. The number of hydrogen-bond donors (Lipinski definition) is 0. The monoisotopic (exact) mass is 447 g/mol. The van der Waals surface area contributed by atoms with E-state index in [0.717, 1.165) is 34.3 Å². The van der Waals surface area contributed by atoms with E-state index in [4.69, 9.17) is 14.2 Å². The Morgan fingerprint density at radius 3 is 2.86 bits per heavy atom. The minimum absolute atomic E-state index is 0. The number of ether oxygens (including phenoxy) is 3. The maximum atomic E-state index is 12.9. The van der Waals surface area contributed by atoms with Gasteiger partial charge >= 0.3 is 0 Å².